The Morgan fingerprint density at radius 3 is 2.21 bits per heavy atom. The van der Waals surface area contributed by atoms with E-state index in [9.17, 15) is 23.5 Å². The average Bonchev–Trinajstić information content (AvgIpc) is 3.58. The van der Waals surface area contributed by atoms with E-state index in [1.54, 1.807) is 24.0 Å². The molecule has 2 aromatic rings. The molecule has 1 saturated carbocycles. The Balaban J connectivity index is 0.00000174. The third-order valence-electron chi connectivity index (χ3n) is 7.88. The van der Waals surface area contributed by atoms with E-state index in [2.05, 4.69) is 5.32 Å². The molecule has 0 aromatic heterocycles. The highest BCUT2D eigenvalue weighted by atomic mass is 20.0. The Morgan fingerprint density at radius 1 is 1.10 bits per heavy atom. The Labute approximate surface area is 225 Å². The van der Waals surface area contributed by atoms with E-state index in [1.165, 1.54) is 14.1 Å². The van der Waals surface area contributed by atoms with Crippen LogP contribution in [0.5, 0.6) is 0 Å². The van der Waals surface area contributed by atoms with Crippen LogP contribution in [0.25, 0.3) is 0 Å². The Morgan fingerprint density at radius 2 is 1.67 bits per heavy atom. The molecule has 0 unspecified atom stereocenters. The number of aliphatic hydroxyl groups is 1. The lowest BCUT2D eigenvalue weighted by Gasteiger charge is -2.37. The monoisotopic (exact) mass is 557 g/mol. The van der Waals surface area contributed by atoms with Crippen LogP contribution in [0.4, 0.5) is 28.3 Å². The standard InChI is InChI=1S/C28H35F2N3O3.F2.FH/c1-27(36,19-8-5-4-6-9-19)26(35)33-14-11-28(12-15-33)18-20(28)10-7-13-31-21-16-22(29)24(23(30)17-21)25(34)32(2)3;1-2;/h4-6,8-9,16-17,20,31,36H,7,10-15,18H2,1-3H3;;1H/t20-,27+;;/m0../s1. The molecule has 1 spiro atoms. The first-order valence-corrected chi connectivity index (χ1v) is 12.7. The molecule has 1 aliphatic heterocycles. The number of piperidine rings is 1. The van der Waals surface area contributed by atoms with E-state index >= 15 is 0 Å². The maximum absolute atomic E-state index is 14.3. The molecule has 4 rings (SSSR count). The van der Waals surface area contributed by atoms with Crippen molar-refractivity contribution in [3.8, 4) is 0 Å². The minimum absolute atomic E-state index is 0. The zero-order valence-corrected chi connectivity index (χ0v) is 22.4. The molecular weight excluding hydrogens is 521 g/mol. The van der Waals surface area contributed by atoms with Gasteiger partial charge in [-0.05, 0) is 68.1 Å². The van der Waals surface area contributed by atoms with Crippen molar-refractivity contribution in [3.63, 3.8) is 0 Å². The van der Waals surface area contributed by atoms with Crippen molar-refractivity contribution >= 4 is 17.5 Å². The number of hydrogen-bond acceptors (Lipinski definition) is 4. The van der Waals surface area contributed by atoms with Crippen molar-refractivity contribution in [2.45, 2.75) is 44.6 Å². The van der Waals surface area contributed by atoms with Gasteiger partial charge in [0.1, 0.15) is 17.2 Å². The largest absolute Gasteiger partial charge is 0.385 e. The predicted octanol–water partition coefficient (Wildman–Crippen LogP) is 5.39. The molecule has 2 N–H and O–H groups in total. The van der Waals surface area contributed by atoms with Gasteiger partial charge >= 0.3 is 0 Å². The lowest BCUT2D eigenvalue weighted by Crippen LogP contribution is -2.48. The molecule has 11 heteroatoms. The summed E-state index contributed by atoms with van der Waals surface area (Å²) in [5, 5.41) is 13.9. The number of nitrogens with one attached hydrogen (secondary N) is 1. The van der Waals surface area contributed by atoms with Crippen LogP contribution < -0.4 is 5.32 Å². The van der Waals surface area contributed by atoms with Gasteiger partial charge in [0.05, 0.1) is 0 Å². The second-order valence-electron chi connectivity index (χ2n) is 10.6. The van der Waals surface area contributed by atoms with Crippen LogP contribution in [0, 0.1) is 23.0 Å². The molecule has 1 aliphatic carbocycles. The number of halogens is 5. The van der Waals surface area contributed by atoms with E-state index in [-0.39, 0.29) is 16.0 Å². The minimum atomic E-state index is -1.53. The van der Waals surface area contributed by atoms with Gasteiger partial charge in [0.2, 0.25) is 0 Å². The van der Waals surface area contributed by atoms with Crippen molar-refractivity contribution in [3.05, 3.63) is 65.2 Å². The Hall–Kier alpha value is -3.21. The molecule has 2 atom stereocenters. The summed E-state index contributed by atoms with van der Waals surface area (Å²) >= 11 is 0. The zero-order chi connectivity index (χ0) is 28.1. The van der Waals surface area contributed by atoms with Gasteiger partial charge in [-0.1, -0.05) is 30.3 Å². The van der Waals surface area contributed by atoms with Crippen molar-refractivity contribution < 1.29 is 37.3 Å². The quantitative estimate of drug-likeness (QED) is 0.337. The molecule has 2 fully saturated rings. The molecular formula is C28H36F5N3O3. The fraction of sp³-hybridized carbons (Fsp3) is 0.500. The van der Waals surface area contributed by atoms with Crippen LogP contribution in [0.3, 0.4) is 0 Å². The van der Waals surface area contributed by atoms with Gasteiger partial charge in [-0.2, -0.15) is 0 Å². The predicted molar refractivity (Wildman–Crippen MR) is 139 cm³/mol. The summed E-state index contributed by atoms with van der Waals surface area (Å²) in [5.41, 5.74) is -0.881. The van der Waals surface area contributed by atoms with Gasteiger partial charge in [0, 0.05) is 48.6 Å². The van der Waals surface area contributed by atoms with E-state index in [0.29, 0.717) is 36.8 Å². The Kier molecular flexibility index (Phi) is 10.9. The topological polar surface area (TPSA) is 72.9 Å². The molecule has 2 aliphatic rings. The van der Waals surface area contributed by atoms with Crippen molar-refractivity contribution in [2.24, 2.45) is 11.3 Å². The first-order valence-electron chi connectivity index (χ1n) is 12.7. The normalized spacial score (nSPS) is 18.7. The molecule has 1 saturated heterocycles. The SMILES string of the molecule is CN(C)C(=O)c1c(F)cc(NCCC[C@H]2CC23CCN(C(=O)[C@](C)(O)c2ccccc2)CC3)cc1F.F.FF. The van der Waals surface area contributed by atoms with Crippen molar-refractivity contribution in [2.75, 3.05) is 39.0 Å². The van der Waals surface area contributed by atoms with Gasteiger partial charge in [-0.25, -0.2) is 8.78 Å². The molecule has 216 valence electrons. The van der Waals surface area contributed by atoms with E-state index in [1.807, 2.05) is 18.2 Å². The highest BCUT2D eigenvalue weighted by Crippen LogP contribution is 2.61. The van der Waals surface area contributed by atoms with Crippen molar-refractivity contribution in [1.82, 2.24) is 9.80 Å². The number of carbonyl (C=O) groups excluding carboxylic acids is 2. The second kappa shape index (κ2) is 13.2. The van der Waals surface area contributed by atoms with Gasteiger partial charge in [0.25, 0.3) is 11.8 Å². The van der Waals surface area contributed by atoms with Gasteiger partial charge in [-0.15, -0.1) is 0 Å². The molecule has 2 amide bonds. The van der Waals surface area contributed by atoms with Crippen LogP contribution in [-0.2, 0) is 10.4 Å². The molecule has 39 heavy (non-hydrogen) atoms. The molecule has 6 nitrogen and oxygen atoms in total. The van der Waals surface area contributed by atoms with Crippen LogP contribution in [0.15, 0.2) is 42.5 Å². The number of rotatable bonds is 8. The number of hydrogen-bond donors (Lipinski definition) is 2. The first kappa shape index (κ1) is 32.0. The third-order valence-corrected chi connectivity index (χ3v) is 7.88. The maximum Gasteiger partial charge on any atom is 0.259 e. The summed E-state index contributed by atoms with van der Waals surface area (Å²) in [6.45, 7) is 3.44. The number of nitrogens with zero attached hydrogens (tertiary/aromatic N) is 2. The summed E-state index contributed by atoms with van der Waals surface area (Å²) in [6.07, 6.45) is 4.86. The van der Waals surface area contributed by atoms with Gasteiger partial charge < -0.3 is 20.2 Å². The van der Waals surface area contributed by atoms with Gasteiger partial charge in [-0.3, -0.25) is 14.3 Å². The average molecular weight is 558 g/mol. The van der Waals surface area contributed by atoms with E-state index < -0.39 is 28.7 Å². The number of benzene rings is 2. The second-order valence-corrected chi connectivity index (χ2v) is 10.6. The summed E-state index contributed by atoms with van der Waals surface area (Å²) in [6, 6.07) is 11.4. The zero-order valence-electron chi connectivity index (χ0n) is 22.4. The lowest BCUT2D eigenvalue weighted by molar-refractivity contribution is -0.152. The minimum Gasteiger partial charge on any atom is -0.385 e. The number of likely N-dealkylation sites (tertiary alicyclic amines) is 1. The molecule has 2 aromatic carbocycles. The van der Waals surface area contributed by atoms with Gasteiger partial charge in [0.15, 0.2) is 5.60 Å². The lowest BCUT2D eigenvalue weighted by atomic mass is 9.87. The fourth-order valence-corrected chi connectivity index (χ4v) is 5.49. The summed E-state index contributed by atoms with van der Waals surface area (Å²) in [4.78, 5) is 27.9. The van der Waals surface area contributed by atoms with Crippen LogP contribution in [-0.4, -0.2) is 60.5 Å². The van der Waals surface area contributed by atoms with Crippen LogP contribution in [0.2, 0.25) is 0 Å². The first-order chi connectivity index (χ1) is 18.0. The Bertz CT molecular complexity index is 1100. The van der Waals surface area contributed by atoms with Crippen LogP contribution >= 0.6 is 0 Å². The highest BCUT2D eigenvalue weighted by Gasteiger charge is 2.54. The molecule has 0 bridgehead atoms. The maximum atomic E-state index is 14.3. The smallest absolute Gasteiger partial charge is 0.259 e. The summed E-state index contributed by atoms with van der Waals surface area (Å²) in [5.74, 6) is -2.11. The van der Waals surface area contributed by atoms with E-state index in [4.69, 9.17) is 9.15 Å². The number of carbonyl (C=O) groups is 2. The molecule has 1 heterocycles. The highest BCUT2D eigenvalue weighted by molar-refractivity contribution is 5.94. The number of amides is 2. The van der Waals surface area contributed by atoms with Crippen LogP contribution in [0.1, 0.15) is 54.9 Å². The van der Waals surface area contributed by atoms with Crippen molar-refractivity contribution in [1.29, 1.82) is 0 Å². The number of anilines is 1. The third kappa shape index (κ3) is 7.06. The van der Waals surface area contributed by atoms with E-state index in [0.717, 1.165) is 49.1 Å². The summed E-state index contributed by atoms with van der Waals surface area (Å²) < 4.78 is 44.6. The fourth-order valence-electron chi connectivity index (χ4n) is 5.49. The summed E-state index contributed by atoms with van der Waals surface area (Å²) in [7, 11) is 2.90. The molecule has 0 radical (unpaired) electrons.